The number of benzene rings is 2. The maximum Gasteiger partial charge on any atom is 0.336 e. The first-order chi connectivity index (χ1) is 10.1. The van der Waals surface area contributed by atoms with E-state index >= 15 is 0 Å². The number of carbonyl (C=O) groups is 2. The van der Waals surface area contributed by atoms with Crippen molar-refractivity contribution in [1.29, 1.82) is 0 Å². The van der Waals surface area contributed by atoms with E-state index in [2.05, 4.69) is 21.2 Å². The fraction of sp³-hybridized carbons (Fsp3) is 0.0667. The normalized spacial score (nSPS) is 10.1. The summed E-state index contributed by atoms with van der Waals surface area (Å²) in [5, 5.41) is 11.8. The van der Waals surface area contributed by atoms with Crippen LogP contribution in [0.5, 0.6) is 0 Å². The van der Waals surface area contributed by atoms with Crippen LogP contribution in [0, 0.1) is 0 Å². The standard InChI is InChI=1S/C15H12BrNO3S/c16-13-7-6-11(8-12(13)15(19)20)21-9-14(18)17-10-4-2-1-3-5-10/h1-8H,9H2,(H,17,18)(H,19,20). The number of amides is 1. The van der Waals surface area contributed by atoms with Crippen molar-refractivity contribution in [1.82, 2.24) is 0 Å². The summed E-state index contributed by atoms with van der Waals surface area (Å²) in [5.74, 6) is -0.917. The number of thioether (sulfide) groups is 1. The smallest absolute Gasteiger partial charge is 0.336 e. The second kappa shape index (κ2) is 7.28. The van der Waals surface area contributed by atoms with Crippen LogP contribution in [0.3, 0.4) is 0 Å². The first-order valence-electron chi connectivity index (χ1n) is 6.07. The van der Waals surface area contributed by atoms with Crippen molar-refractivity contribution in [3.8, 4) is 0 Å². The van der Waals surface area contributed by atoms with Crippen LogP contribution in [0.15, 0.2) is 57.9 Å². The van der Waals surface area contributed by atoms with Gasteiger partial charge in [0.1, 0.15) is 0 Å². The van der Waals surface area contributed by atoms with Gasteiger partial charge in [0.2, 0.25) is 5.91 Å². The Morgan fingerprint density at radius 3 is 2.52 bits per heavy atom. The number of para-hydroxylation sites is 1. The van der Waals surface area contributed by atoms with Gasteiger partial charge in [-0.05, 0) is 46.3 Å². The Hall–Kier alpha value is -1.79. The number of nitrogens with one attached hydrogen (secondary N) is 1. The van der Waals surface area contributed by atoms with Crippen molar-refractivity contribution in [2.75, 3.05) is 11.1 Å². The summed E-state index contributed by atoms with van der Waals surface area (Å²) in [7, 11) is 0. The molecule has 108 valence electrons. The van der Waals surface area contributed by atoms with Gasteiger partial charge >= 0.3 is 5.97 Å². The number of anilines is 1. The molecule has 2 N–H and O–H groups in total. The highest BCUT2D eigenvalue weighted by molar-refractivity contribution is 9.10. The molecule has 0 aliphatic rings. The van der Waals surface area contributed by atoms with E-state index < -0.39 is 5.97 Å². The number of rotatable bonds is 5. The monoisotopic (exact) mass is 365 g/mol. The Kier molecular flexibility index (Phi) is 5.41. The van der Waals surface area contributed by atoms with Gasteiger partial charge in [-0.15, -0.1) is 11.8 Å². The molecule has 0 aliphatic heterocycles. The van der Waals surface area contributed by atoms with Gasteiger partial charge in [0.25, 0.3) is 0 Å². The molecule has 21 heavy (non-hydrogen) atoms. The molecule has 0 bridgehead atoms. The van der Waals surface area contributed by atoms with Crippen LogP contribution in [-0.4, -0.2) is 22.7 Å². The van der Waals surface area contributed by atoms with Crippen molar-refractivity contribution in [2.45, 2.75) is 4.90 Å². The average molecular weight is 366 g/mol. The second-order valence-electron chi connectivity index (χ2n) is 4.15. The Morgan fingerprint density at radius 2 is 1.86 bits per heavy atom. The lowest BCUT2D eigenvalue weighted by Gasteiger charge is -2.06. The molecule has 0 atom stereocenters. The van der Waals surface area contributed by atoms with Crippen LogP contribution < -0.4 is 5.32 Å². The molecule has 2 aromatic rings. The van der Waals surface area contributed by atoms with Crippen molar-refractivity contribution in [3.63, 3.8) is 0 Å². The van der Waals surface area contributed by atoms with E-state index in [1.54, 1.807) is 18.2 Å². The van der Waals surface area contributed by atoms with Gasteiger partial charge < -0.3 is 10.4 Å². The third kappa shape index (κ3) is 4.61. The number of hydrogen-bond donors (Lipinski definition) is 2. The van der Waals surface area contributed by atoms with Gasteiger partial charge in [0, 0.05) is 15.1 Å². The van der Waals surface area contributed by atoms with Gasteiger partial charge in [-0.2, -0.15) is 0 Å². The lowest BCUT2D eigenvalue weighted by molar-refractivity contribution is -0.113. The van der Waals surface area contributed by atoms with Crippen molar-refractivity contribution >= 4 is 45.3 Å². The minimum absolute atomic E-state index is 0.133. The summed E-state index contributed by atoms with van der Waals surface area (Å²) < 4.78 is 0.521. The largest absolute Gasteiger partial charge is 0.478 e. The highest BCUT2D eigenvalue weighted by Gasteiger charge is 2.10. The van der Waals surface area contributed by atoms with Crippen LogP contribution in [0.2, 0.25) is 0 Å². The summed E-state index contributed by atoms with van der Waals surface area (Å²) in [4.78, 5) is 23.6. The predicted octanol–water partition coefficient (Wildman–Crippen LogP) is 3.88. The van der Waals surface area contributed by atoms with Crippen molar-refractivity contribution in [2.24, 2.45) is 0 Å². The Balaban J connectivity index is 1.95. The number of carboxylic acids is 1. The summed E-state index contributed by atoms with van der Waals surface area (Å²) >= 11 is 4.48. The first kappa shape index (κ1) is 15.6. The van der Waals surface area contributed by atoms with E-state index in [1.165, 1.54) is 11.8 Å². The summed E-state index contributed by atoms with van der Waals surface area (Å²) in [5.41, 5.74) is 0.925. The van der Waals surface area contributed by atoms with Crippen LogP contribution in [-0.2, 0) is 4.79 Å². The third-order valence-corrected chi connectivity index (χ3v) is 4.28. The number of halogens is 1. The van der Waals surface area contributed by atoms with Crippen LogP contribution >= 0.6 is 27.7 Å². The Morgan fingerprint density at radius 1 is 1.14 bits per heavy atom. The molecule has 0 fully saturated rings. The zero-order valence-corrected chi connectivity index (χ0v) is 13.3. The highest BCUT2D eigenvalue weighted by atomic mass is 79.9. The molecule has 0 aliphatic carbocycles. The maximum absolute atomic E-state index is 11.8. The number of aromatic carboxylic acids is 1. The van der Waals surface area contributed by atoms with Crippen molar-refractivity contribution in [3.05, 3.63) is 58.6 Å². The first-order valence-corrected chi connectivity index (χ1v) is 7.84. The number of hydrogen-bond acceptors (Lipinski definition) is 3. The van der Waals surface area contributed by atoms with Gasteiger partial charge in [0.05, 0.1) is 11.3 Å². The molecule has 0 heterocycles. The van der Waals surface area contributed by atoms with Gasteiger partial charge in [-0.25, -0.2) is 4.79 Å². The SMILES string of the molecule is O=C(CSc1ccc(Br)c(C(=O)O)c1)Nc1ccccc1. The third-order valence-electron chi connectivity index (χ3n) is 2.60. The molecule has 0 spiro atoms. The van der Waals surface area contributed by atoms with Crippen molar-refractivity contribution < 1.29 is 14.7 Å². The molecule has 0 radical (unpaired) electrons. The van der Waals surface area contributed by atoms with E-state index in [9.17, 15) is 9.59 Å². The molecule has 2 rings (SSSR count). The molecular weight excluding hydrogens is 354 g/mol. The molecule has 6 heteroatoms. The number of carboxylic acid groups (broad SMARTS) is 1. The fourth-order valence-electron chi connectivity index (χ4n) is 1.63. The van der Waals surface area contributed by atoms with Gasteiger partial charge in [-0.1, -0.05) is 18.2 Å². The van der Waals surface area contributed by atoms with Crippen LogP contribution in [0.25, 0.3) is 0 Å². The molecular formula is C15H12BrNO3S. The average Bonchev–Trinajstić information content (AvgIpc) is 2.47. The summed E-state index contributed by atoms with van der Waals surface area (Å²) in [6.07, 6.45) is 0. The topological polar surface area (TPSA) is 66.4 Å². The molecule has 0 saturated carbocycles. The molecule has 1 amide bonds. The van der Waals surface area contributed by atoms with Gasteiger partial charge in [0.15, 0.2) is 0 Å². The lowest BCUT2D eigenvalue weighted by Crippen LogP contribution is -2.13. The summed E-state index contributed by atoms with van der Waals surface area (Å²) in [6.45, 7) is 0. The minimum atomic E-state index is -1.00. The molecule has 2 aromatic carbocycles. The van der Waals surface area contributed by atoms with E-state index in [0.717, 1.165) is 10.6 Å². The van der Waals surface area contributed by atoms with E-state index in [0.29, 0.717) is 4.47 Å². The Bertz CT molecular complexity index is 661. The lowest BCUT2D eigenvalue weighted by atomic mass is 10.2. The van der Waals surface area contributed by atoms with E-state index in [4.69, 9.17) is 5.11 Å². The molecule has 4 nitrogen and oxygen atoms in total. The maximum atomic E-state index is 11.8. The minimum Gasteiger partial charge on any atom is -0.478 e. The molecule has 0 saturated heterocycles. The molecule has 0 unspecified atom stereocenters. The zero-order valence-electron chi connectivity index (χ0n) is 10.9. The quantitative estimate of drug-likeness (QED) is 0.789. The zero-order chi connectivity index (χ0) is 15.2. The van der Waals surface area contributed by atoms with E-state index in [-0.39, 0.29) is 17.2 Å². The Labute approximate surface area is 134 Å². The molecule has 0 aromatic heterocycles. The second-order valence-corrected chi connectivity index (χ2v) is 6.05. The van der Waals surface area contributed by atoms with E-state index in [1.807, 2.05) is 30.3 Å². The fourth-order valence-corrected chi connectivity index (χ4v) is 2.78. The van der Waals surface area contributed by atoms with Gasteiger partial charge in [-0.3, -0.25) is 4.79 Å². The van der Waals surface area contributed by atoms with Crippen LogP contribution in [0.4, 0.5) is 5.69 Å². The number of carbonyl (C=O) groups excluding carboxylic acids is 1. The summed E-state index contributed by atoms with van der Waals surface area (Å²) in [6, 6.07) is 14.2. The predicted molar refractivity (Wildman–Crippen MR) is 86.9 cm³/mol. The highest BCUT2D eigenvalue weighted by Crippen LogP contribution is 2.25. The van der Waals surface area contributed by atoms with Crippen LogP contribution in [0.1, 0.15) is 10.4 Å².